The fraction of sp³-hybridized carbons (Fsp3) is 0.125. The molecule has 0 aliphatic carbocycles. The first-order chi connectivity index (χ1) is 11.9. The van der Waals surface area contributed by atoms with E-state index in [9.17, 15) is 14.4 Å². The van der Waals surface area contributed by atoms with E-state index in [0.717, 1.165) is 4.68 Å². The first-order valence-electron chi connectivity index (χ1n) is 7.28. The Hall–Kier alpha value is -3.62. The van der Waals surface area contributed by atoms with Crippen LogP contribution in [0.1, 0.15) is 22.1 Å². The highest BCUT2D eigenvalue weighted by Gasteiger charge is 2.16. The number of nitrogen functional groups attached to an aromatic ring is 1. The third-order valence-electron chi connectivity index (χ3n) is 3.61. The number of fused-ring (bicyclic) bond motifs is 1. The first kappa shape index (κ1) is 16.2. The molecule has 0 saturated heterocycles. The number of hydrogen-bond donors (Lipinski definition) is 3. The van der Waals surface area contributed by atoms with E-state index in [1.54, 1.807) is 24.3 Å². The number of benzene rings is 1. The molecule has 2 heterocycles. The summed E-state index contributed by atoms with van der Waals surface area (Å²) in [5.41, 5.74) is 5.74. The van der Waals surface area contributed by atoms with Crippen molar-refractivity contribution in [2.24, 2.45) is 0 Å². The monoisotopic (exact) mass is 341 g/mol. The number of ether oxygens (including phenoxy) is 1. The molecule has 0 aliphatic heterocycles. The Balaban J connectivity index is 1.97. The van der Waals surface area contributed by atoms with Crippen LogP contribution in [-0.4, -0.2) is 33.7 Å². The summed E-state index contributed by atoms with van der Waals surface area (Å²) in [6.07, 6.45) is 0. The van der Waals surface area contributed by atoms with E-state index < -0.39 is 17.4 Å². The van der Waals surface area contributed by atoms with Crippen LogP contribution in [0, 0.1) is 0 Å². The topological polar surface area (TPSA) is 132 Å². The molecule has 0 fully saturated rings. The number of pyridine rings is 1. The summed E-state index contributed by atoms with van der Waals surface area (Å²) < 4.78 is 6.03. The maximum atomic E-state index is 12.3. The van der Waals surface area contributed by atoms with Gasteiger partial charge in [0, 0.05) is 12.5 Å². The van der Waals surface area contributed by atoms with Crippen molar-refractivity contribution in [3.63, 3.8) is 0 Å². The van der Waals surface area contributed by atoms with Gasteiger partial charge in [0.2, 0.25) is 5.91 Å². The number of amides is 1. The smallest absolute Gasteiger partial charge is 0.273 e. The number of nitrogens with two attached hydrogens (primary N) is 1. The molecule has 0 unspecified atom stereocenters. The molecule has 9 heteroatoms. The molecule has 0 saturated carbocycles. The van der Waals surface area contributed by atoms with Gasteiger partial charge in [0.25, 0.3) is 11.5 Å². The summed E-state index contributed by atoms with van der Waals surface area (Å²) in [5, 5.41) is 6.76. The number of aromatic amines is 1. The summed E-state index contributed by atoms with van der Waals surface area (Å²) >= 11 is 0. The van der Waals surface area contributed by atoms with Crippen LogP contribution in [0.4, 0.5) is 11.5 Å². The molecule has 25 heavy (non-hydrogen) atoms. The quantitative estimate of drug-likeness (QED) is 0.656. The zero-order valence-corrected chi connectivity index (χ0v) is 13.5. The predicted octanol–water partition coefficient (Wildman–Crippen LogP) is 1.23. The summed E-state index contributed by atoms with van der Waals surface area (Å²) in [4.78, 5) is 38.5. The second-order valence-electron chi connectivity index (χ2n) is 5.27. The van der Waals surface area contributed by atoms with Crippen molar-refractivity contribution in [2.45, 2.75) is 6.92 Å². The maximum Gasteiger partial charge on any atom is 0.273 e. The molecule has 3 aromatic rings. The van der Waals surface area contributed by atoms with Crippen LogP contribution in [-0.2, 0) is 0 Å². The number of carbonyl (C=O) groups excluding carboxylic acids is 2. The number of nitrogens with zero attached hydrogens (tertiary/aromatic N) is 2. The molecular formula is C16H15N5O4. The Morgan fingerprint density at radius 2 is 1.96 bits per heavy atom. The van der Waals surface area contributed by atoms with Crippen molar-refractivity contribution in [2.75, 3.05) is 18.2 Å². The second-order valence-corrected chi connectivity index (χ2v) is 5.27. The van der Waals surface area contributed by atoms with E-state index in [1.807, 2.05) is 0 Å². The molecule has 3 rings (SSSR count). The Morgan fingerprint density at radius 1 is 1.28 bits per heavy atom. The van der Waals surface area contributed by atoms with Gasteiger partial charge in [-0.05, 0) is 30.3 Å². The number of anilines is 2. The number of hydrogen-bond acceptors (Lipinski definition) is 6. The number of H-pyrrole nitrogens is 1. The first-order valence-corrected chi connectivity index (χ1v) is 7.28. The third kappa shape index (κ3) is 2.94. The summed E-state index contributed by atoms with van der Waals surface area (Å²) in [5.74, 6) is -0.181. The fourth-order valence-electron chi connectivity index (χ4n) is 2.35. The van der Waals surface area contributed by atoms with Crippen LogP contribution in [0.25, 0.3) is 11.0 Å². The molecule has 0 atom stereocenters. The third-order valence-corrected chi connectivity index (χ3v) is 3.61. The van der Waals surface area contributed by atoms with Gasteiger partial charge in [0.1, 0.15) is 17.1 Å². The van der Waals surface area contributed by atoms with Crippen molar-refractivity contribution in [3.05, 3.63) is 46.2 Å². The van der Waals surface area contributed by atoms with Crippen LogP contribution in [0.3, 0.4) is 0 Å². The van der Waals surface area contributed by atoms with Gasteiger partial charge in [-0.15, -0.1) is 5.10 Å². The number of carbonyl (C=O) groups is 2. The molecule has 4 N–H and O–H groups in total. The lowest BCUT2D eigenvalue weighted by Crippen LogP contribution is -2.20. The lowest BCUT2D eigenvalue weighted by molar-refractivity contribution is 0.0925. The van der Waals surface area contributed by atoms with Crippen molar-refractivity contribution < 1.29 is 14.3 Å². The van der Waals surface area contributed by atoms with Gasteiger partial charge in [0.05, 0.1) is 12.5 Å². The van der Waals surface area contributed by atoms with Crippen molar-refractivity contribution in [1.82, 2.24) is 14.8 Å². The standard InChI is InChI=1S/C16H15N5O4/c1-8(22)21-14-11(13(17)20-21)7-12(16(24)19-14)18-15(23)9-3-5-10(25-2)6-4-9/h3-7H,1-2H3,(H2,17,20)(H,18,23)(H,19,24). The minimum Gasteiger partial charge on any atom is -0.497 e. The van der Waals surface area contributed by atoms with Crippen LogP contribution < -0.4 is 21.3 Å². The Kier molecular flexibility index (Phi) is 3.97. The molecule has 0 bridgehead atoms. The summed E-state index contributed by atoms with van der Waals surface area (Å²) in [6.45, 7) is 1.30. The molecule has 9 nitrogen and oxygen atoms in total. The van der Waals surface area contributed by atoms with E-state index in [4.69, 9.17) is 10.5 Å². The fourth-order valence-corrected chi connectivity index (χ4v) is 2.35. The maximum absolute atomic E-state index is 12.3. The Bertz CT molecular complexity index is 1030. The van der Waals surface area contributed by atoms with E-state index in [0.29, 0.717) is 16.7 Å². The minimum absolute atomic E-state index is 0.00289. The Morgan fingerprint density at radius 3 is 2.56 bits per heavy atom. The Labute approximate surface area is 141 Å². The molecule has 128 valence electrons. The van der Waals surface area contributed by atoms with Gasteiger partial charge in [-0.3, -0.25) is 14.4 Å². The summed E-state index contributed by atoms with van der Waals surface area (Å²) in [7, 11) is 1.52. The molecule has 0 radical (unpaired) electrons. The lowest BCUT2D eigenvalue weighted by Gasteiger charge is -2.06. The second kappa shape index (κ2) is 6.11. The van der Waals surface area contributed by atoms with Gasteiger partial charge >= 0.3 is 0 Å². The highest BCUT2D eigenvalue weighted by Crippen LogP contribution is 2.20. The molecule has 0 spiro atoms. The highest BCUT2D eigenvalue weighted by atomic mass is 16.5. The van der Waals surface area contributed by atoms with E-state index in [-0.39, 0.29) is 17.2 Å². The molecule has 1 amide bonds. The van der Waals surface area contributed by atoms with Gasteiger partial charge in [0.15, 0.2) is 5.82 Å². The van der Waals surface area contributed by atoms with Crippen LogP contribution in [0.2, 0.25) is 0 Å². The van der Waals surface area contributed by atoms with E-state index in [1.165, 1.54) is 20.1 Å². The van der Waals surface area contributed by atoms with Crippen LogP contribution >= 0.6 is 0 Å². The number of aromatic nitrogens is 3. The molecule has 0 aliphatic rings. The SMILES string of the molecule is COc1ccc(C(=O)Nc2cc3c(N)nn(C(C)=O)c3[nH]c2=O)cc1. The summed E-state index contributed by atoms with van der Waals surface area (Å²) in [6, 6.07) is 7.80. The number of methoxy groups -OCH3 is 1. The van der Waals surface area contributed by atoms with Crippen LogP contribution in [0.5, 0.6) is 5.75 Å². The van der Waals surface area contributed by atoms with Gasteiger partial charge < -0.3 is 20.8 Å². The van der Waals surface area contributed by atoms with Gasteiger partial charge in [-0.25, -0.2) is 0 Å². The van der Waals surface area contributed by atoms with Gasteiger partial charge in [-0.1, -0.05) is 0 Å². The number of nitrogens with one attached hydrogen (secondary N) is 2. The highest BCUT2D eigenvalue weighted by molar-refractivity contribution is 6.05. The average molecular weight is 341 g/mol. The zero-order chi connectivity index (χ0) is 18.1. The molecular weight excluding hydrogens is 326 g/mol. The zero-order valence-electron chi connectivity index (χ0n) is 13.5. The minimum atomic E-state index is -0.572. The van der Waals surface area contributed by atoms with E-state index >= 15 is 0 Å². The average Bonchev–Trinajstić information content (AvgIpc) is 2.91. The lowest BCUT2D eigenvalue weighted by atomic mass is 10.2. The molecule has 2 aromatic heterocycles. The largest absolute Gasteiger partial charge is 0.497 e. The van der Waals surface area contributed by atoms with Gasteiger partial charge in [-0.2, -0.15) is 4.68 Å². The molecule has 1 aromatic carbocycles. The van der Waals surface area contributed by atoms with Crippen molar-refractivity contribution >= 4 is 34.4 Å². The predicted molar refractivity (Wildman–Crippen MR) is 92.0 cm³/mol. The van der Waals surface area contributed by atoms with Crippen LogP contribution in [0.15, 0.2) is 35.1 Å². The van der Waals surface area contributed by atoms with Crippen molar-refractivity contribution in [1.29, 1.82) is 0 Å². The van der Waals surface area contributed by atoms with E-state index in [2.05, 4.69) is 15.4 Å². The number of rotatable bonds is 3. The normalized spacial score (nSPS) is 10.6. The van der Waals surface area contributed by atoms with Crippen molar-refractivity contribution in [3.8, 4) is 5.75 Å².